The Bertz CT molecular complexity index is 1310. The molecule has 2 aliphatic heterocycles. The number of nitrogens with zero attached hydrogens (tertiary/aromatic N) is 3. The van der Waals surface area contributed by atoms with E-state index < -0.39 is 0 Å². The number of carbonyl (C=O) groups is 1. The zero-order chi connectivity index (χ0) is 25.7. The molecule has 38 heavy (non-hydrogen) atoms. The van der Waals surface area contributed by atoms with Gasteiger partial charge >= 0.3 is 0 Å². The number of amides is 1. The standard InChI is InChI=1S/C34H35N3O/c38-34-33-24-31(17-16-30(33)26-37(34)25-27-10-4-1-5-11-27)36-22-20-35(21-23-36)19-18-32(28-12-6-2-7-13-28)29-14-8-3-9-15-29/h1-17,24,32H,18-23,25-26H2. The van der Waals surface area contributed by atoms with Crippen molar-refractivity contribution in [3.05, 3.63) is 137 Å². The highest BCUT2D eigenvalue weighted by Gasteiger charge is 2.29. The minimum Gasteiger partial charge on any atom is -0.369 e. The van der Waals surface area contributed by atoms with Crippen LogP contribution in [0.2, 0.25) is 0 Å². The summed E-state index contributed by atoms with van der Waals surface area (Å²) < 4.78 is 0. The number of anilines is 1. The van der Waals surface area contributed by atoms with Crippen LogP contribution in [0, 0.1) is 0 Å². The Balaban J connectivity index is 1.06. The summed E-state index contributed by atoms with van der Waals surface area (Å²) in [5.41, 5.74) is 7.13. The first kappa shape index (κ1) is 24.4. The molecule has 4 aromatic rings. The van der Waals surface area contributed by atoms with Gasteiger partial charge in [0.1, 0.15) is 0 Å². The topological polar surface area (TPSA) is 26.8 Å². The van der Waals surface area contributed by atoms with Crippen LogP contribution in [0.15, 0.2) is 109 Å². The number of rotatable bonds is 8. The summed E-state index contributed by atoms with van der Waals surface area (Å²) in [6.45, 7) is 6.50. The van der Waals surface area contributed by atoms with Crippen molar-refractivity contribution >= 4 is 11.6 Å². The van der Waals surface area contributed by atoms with Crippen LogP contribution in [0.5, 0.6) is 0 Å². The van der Waals surface area contributed by atoms with E-state index in [4.69, 9.17) is 0 Å². The van der Waals surface area contributed by atoms with Gasteiger partial charge in [-0.1, -0.05) is 97.1 Å². The molecule has 1 saturated heterocycles. The van der Waals surface area contributed by atoms with Crippen molar-refractivity contribution in [2.75, 3.05) is 37.6 Å². The number of carbonyl (C=O) groups excluding carboxylic acids is 1. The maximum absolute atomic E-state index is 13.2. The highest BCUT2D eigenvalue weighted by Crippen LogP contribution is 2.30. The van der Waals surface area contributed by atoms with Crippen molar-refractivity contribution in [1.82, 2.24) is 9.80 Å². The molecule has 4 heteroatoms. The van der Waals surface area contributed by atoms with E-state index in [9.17, 15) is 4.79 Å². The van der Waals surface area contributed by atoms with Gasteiger partial charge in [-0.25, -0.2) is 0 Å². The Morgan fingerprint density at radius 1 is 0.684 bits per heavy atom. The van der Waals surface area contributed by atoms with Crippen molar-refractivity contribution in [3.63, 3.8) is 0 Å². The lowest BCUT2D eigenvalue weighted by Crippen LogP contribution is -2.46. The van der Waals surface area contributed by atoms with Crippen LogP contribution < -0.4 is 4.90 Å². The summed E-state index contributed by atoms with van der Waals surface area (Å²) in [6, 6.07) is 38.5. The van der Waals surface area contributed by atoms with E-state index in [0.29, 0.717) is 19.0 Å². The van der Waals surface area contributed by atoms with E-state index in [0.717, 1.165) is 50.3 Å². The average Bonchev–Trinajstić information content (AvgIpc) is 3.29. The van der Waals surface area contributed by atoms with Gasteiger partial charge in [0.25, 0.3) is 5.91 Å². The molecule has 0 bridgehead atoms. The highest BCUT2D eigenvalue weighted by molar-refractivity contribution is 5.99. The van der Waals surface area contributed by atoms with Gasteiger partial charge in [0.05, 0.1) is 0 Å². The fraction of sp³-hybridized carbons (Fsp3) is 0.265. The van der Waals surface area contributed by atoms with Crippen LogP contribution in [0.25, 0.3) is 0 Å². The molecule has 6 rings (SSSR count). The molecule has 0 aliphatic carbocycles. The van der Waals surface area contributed by atoms with E-state index in [2.05, 4.69) is 101 Å². The molecule has 4 nitrogen and oxygen atoms in total. The summed E-state index contributed by atoms with van der Waals surface area (Å²) in [5, 5.41) is 0. The maximum Gasteiger partial charge on any atom is 0.254 e. The van der Waals surface area contributed by atoms with Crippen LogP contribution in [0.1, 0.15) is 45.0 Å². The van der Waals surface area contributed by atoms with Crippen molar-refractivity contribution < 1.29 is 4.79 Å². The molecule has 192 valence electrons. The lowest BCUT2D eigenvalue weighted by atomic mass is 9.88. The average molecular weight is 502 g/mol. The molecule has 1 amide bonds. The molecule has 0 atom stereocenters. The summed E-state index contributed by atoms with van der Waals surface area (Å²) >= 11 is 0. The third kappa shape index (κ3) is 5.36. The third-order valence-electron chi connectivity index (χ3n) is 8.06. The molecule has 2 heterocycles. The van der Waals surface area contributed by atoms with Gasteiger partial charge in [-0.05, 0) is 47.4 Å². The van der Waals surface area contributed by atoms with Crippen LogP contribution in [-0.4, -0.2) is 48.4 Å². The van der Waals surface area contributed by atoms with Crippen LogP contribution in [-0.2, 0) is 13.1 Å². The number of benzene rings is 4. The Morgan fingerprint density at radius 3 is 1.92 bits per heavy atom. The van der Waals surface area contributed by atoms with Gasteiger partial charge in [-0.2, -0.15) is 0 Å². The normalized spacial score (nSPS) is 15.8. The smallest absolute Gasteiger partial charge is 0.254 e. The second kappa shape index (κ2) is 11.2. The minimum atomic E-state index is 0.150. The van der Waals surface area contributed by atoms with Gasteiger partial charge in [-0.3, -0.25) is 9.69 Å². The van der Waals surface area contributed by atoms with E-state index in [1.54, 1.807) is 0 Å². The molecule has 0 aromatic heterocycles. The second-order valence-corrected chi connectivity index (χ2v) is 10.5. The van der Waals surface area contributed by atoms with Crippen LogP contribution in [0.3, 0.4) is 0 Å². The fourth-order valence-corrected chi connectivity index (χ4v) is 5.92. The molecule has 4 aromatic carbocycles. The molecular weight excluding hydrogens is 466 g/mol. The molecule has 0 spiro atoms. The molecule has 2 aliphatic rings. The van der Waals surface area contributed by atoms with E-state index in [1.165, 1.54) is 22.4 Å². The number of hydrogen-bond donors (Lipinski definition) is 0. The number of piperazine rings is 1. The van der Waals surface area contributed by atoms with E-state index in [1.807, 2.05) is 23.1 Å². The van der Waals surface area contributed by atoms with Crippen molar-refractivity contribution in [2.45, 2.75) is 25.4 Å². The van der Waals surface area contributed by atoms with Gasteiger partial charge < -0.3 is 9.80 Å². The number of hydrogen-bond acceptors (Lipinski definition) is 3. The van der Waals surface area contributed by atoms with Gasteiger partial charge in [-0.15, -0.1) is 0 Å². The molecule has 0 N–H and O–H groups in total. The first-order valence-electron chi connectivity index (χ1n) is 13.8. The zero-order valence-electron chi connectivity index (χ0n) is 21.9. The Morgan fingerprint density at radius 2 is 1.29 bits per heavy atom. The van der Waals surface area contributed by atoms with Crippen molar-refractivity contribution in [2.24, 2.45) is 0 Å². The van der Waals surface area contributed by atoms with Crippen molar-refractivity contribution in [3.8, 4) is 0 Å². The second-order valence-electron chi connectivity index (χ2n) is 10.5. The highest BCUT2D eigenvalue weighted by atomic mass is 16.2. The predicted molar refractivity (Wildman–Crippen MR) is 154 cm³/mol. The molecule has 0 saturated carbocycles. The minimum absolute atomic E-state index is 0.150. The first-order chi connectivity index (χ1) is 18.7. The lowest BCUT2D eigenvalue weighted by molar-refractivity contribution is 0.0766. The van der Waals surface area contributed by atoms with E-state index >= 15 is 0 Å². The molecule has 0 unspecified atom stereocenters. The molecule has 0 radical (unpaired) electrons. The van der Waals surface area contributed by atoms with Gasteiger partial charge in [0, 0.05) is 56.4 Å². The lowest BCUT2D eigenvalue weighted by Gasteiger charge is -2.37. The quantitative estimate of drug-likeness (QED) is 0.288. The number of fused-ring (bicyclic) bond motifs is 1. The summed E-state index contributed by atoms with van der Waals surface area (Å²) in [4.78, 5) is 20.2. The zero-order valence-corrected chi connectivity index (χ0v) is 21.9. The van der Waals surface area contributed by atoms with Gasteiger partial charge in [0.15, 0.2) is 0 Å². The van der Waals surface area contributed by atoms with Crippen LogP contribution in [0.4, 0.5) is 5.69 Å². The van der Waals surface area contributed by atoms with Gasteiger partial charge in [0.2, 0.25) is 0 Å². The molecular formula is C34H35N3O. The van der Waals surface area contributed by atoms with E-state index in [-0.39, 0.29) is 5.91 Å². The first-order valence-corrected chi connectivity index (χ1v) is 13.8. The Labute approximate surface area is 226 Å². The van der Waals surface area contributed by atoms with Crippen molar-refractivity contribution in [1.29, 1.82) is 0 Å². The summed E-state index contributed by atoms with van der Waals surface area (Å²) in [7, 11) is 0. The molecule has 1 fully saturated rings. The third-order valence-corrected chi connectivity index (χ3v) is 8.06. The monoisotopic (exact) mass is 501 g/mol. The summed E-state index contributed by atoms with van der Waals surface area (Å²) in [6.07, 6.45) is 1.11. The maximum atomic E-state index is 13.2. The summed E-state index contributed by atoms with van der Waals surface area (Å²) in [5.74, 6) is 0.564. The van der Waals surface area contributed by atoms with Crippen LogP contribution >= 0.6 is 0 Å². The fourth-order valence-electron chi connectivity index (χ4n) is 5.92. The SMILES string of the molecule is O=C1c2cc(N3CCN(CCC(c4ccccc4)c4ccccc4)CC3)ccc2CN1Cc1ccccc1. The largest absolute Gasteiger partial charge is 0.369 e. The Kier molecular flexibility index (Phi) is 7.23. The predicted octanol–water partition coefficient (Wildman–Crippen LogP) is 6.19. The Hall–Kier alpha value is -3.89.